The van der Waals surface area contributed by atoms with Crippen molar-refractivity contribution in [2.45, 2.75) is 23.9 Å². The number of rotatable bonds is 6. The molecule has 3 aromatic rings. The highest BCUT2D eigenvalue weighted by molar-refractivity contribution is 7.89. The quantitative estimate of drug-likeness (QED) is 0.285. The molecule has 2 aromatic carbocycles. The molecule has 0 unspecified atom stereocenters. The number of carbonyl (C=O) groups excluding carboxylic acids is 1. The number of amides is 1. The Balaban J connectivity index is 1.72. The fourth-order valence-electron chi connectivity index (χ4n) is 3.63. The van der Waals surface area contributed by atoms with Crippen molar-refractivity contribution in [1.82, 2.24) is 9.29 Å². The fraction of sp³-hybridized carbons (Fsp3) is 0.182. The number of aromatic nitrogens is 1. The van der Waals surface area contributed by atoms with Gasteiger partial charge >= 0.3 is 0 Å². The lowest BCUT2D eigenvalue weighted by Gasteiger charge is -2.41. The molecule has 36 heavy (non-hydrogen) atoms. The van der Waals surface area contributed by atoms with Crippen LogP contribution in [0.5, 0.6) is 5.75 Å². The number of aromatic hydroxyl groups is 1. The summed E-state index contributed by atoms with van der Waals surface area (Å²) in [6.07, 6.45) is 1.21. The molecule has 14 heteroatoms. The summed E-state index contributed by atoms with van der Waals surface area (Å²) in [6.45, 7) is -0.627. The summed E-state index contributed by atoms with van der Waals surface area (Å²) in [7, 11) is -5.32. The Labute approximate surface area is 206 Å². The lowest BCUT2D eigenvalue weighted by molar-refractivity contribution is -0.125. The van der Waals surface area contributed by atoms with Crippen LogP contribution in [-0.4, -0.2) is 41.3 Å². The van der Waals surface area contributed by atoms with Gasteiger partial charge in [-0.1, -0.05) is 17.7 Å². The van der Waals surface area contributed by atoms with Crippen LogP contribution in [0.3, 0.4) is 0 Å². The average Bonchev–Trinajstić information content (AvgIpc) is 2.80. The first-order valence-electron chi connectivity index (χ1n) is 10.2. The van der Waals surface area contributed by atoms with Crippen LogP contribution in [0.25, 0.3) is 0 Å². The largest absolute Gasteiger partial charge is 0.508 e. The summed E-state index contributed by atoms with van der Waals surface area (Å²) < 4.78 is 95.5. The predicted octanol–water partition coefficient (Wildman–Crippen LogP) is 4.13. The van der Waals surface area contributed by atoms with Crippen molar-refractivity contribution in [3.05, 3.63) is 82.4 Å². The van der Waals surface area contributed by atoms with Crippen LogP contribution < -0.4 is 4.90 Å². The smallest absolute Gasteiger partial charge is 0.249 e. The zero-order valence-corrected chi connectivity index (χ0v) is 19.5. The number of phenolic OH excluding ortho intramolecular Hbond substituents is 1. The fourth-order valence-corrected chi connectivity index (χ4v) is 5.48. The maximum atomic E-state index is 14.3. The van der Waals surface area contributed by atoms with E-state index in [-0.39, 0.29) is 24.4 Å². The molecule has 0 radical (unpaired) electrons. The average molecular weight is 548 g/mol. The summed E-state index contributed by atoms with van der Waals surface area (Å²) in [6, 6.07) is 6.87. The number of carbonyl (C=O) groups is 1. The van der Waals surface area contributed by atoms with Crippen molar-refractivity contribution in [3.63, 3.8) is 0 Å². The van der Waals surface area contributed by atoms with Crippen molar-refractivity contribution < 1.29 is 40.3 Å². The summed E-state index contributed by atoms with van der Waals surface area (Å²) in [5.74, 6) is -13.5. The third-order valence-corrected chi connectivity index (χ3v) is 7.66. The summed E-state index contributed by atoms with van der Waals surface area (Å²) >= 11 is 5.83. The first-order chi connectivity index (χ1) is 16.9. The van der Waals surface area contributed by atoms with Crippen molar-refractivity contribution >= 4 is 33.2 Å². The minimum absolute atomic E-state index is 0.100. The predicted molar refractivity (Wildman–Crippen MR) is 117 cm³/mol. The van der Waals surface area contributed by atoms with Crippen LogP contribution in [0.1, 0.15) is 12.1 Å². The maximum Gasteiger partial charge on any atom is 0.249 e. The van der Waals surface area contributed by atoms with Gasteiger partial charge in [-0.3, -0.25) is 9.78 Å². The highest BCUT2D eigenvalue weighted by Gasteiger charge is 2.48. The molecule has 1 atom stereocenters. The number of pyridine rings is 1. The Bertz CT molecular complexity index is 1430. The van der Waals surface area contributed by atoms with Gasteiger partial charge in [-0.15, -0.1) is 0 Å². The molecular weight excluding hydrogens is 533 g/mol. The molecule has 0 aliphatic carbocycles. The molecule has 0 spiro atoms. The molecule has 1 fully saturated rings. The van der Waals surface area contributed by atoms with Gasteiger partial charge in [0.05, 0.1) is 17.3 Å². The van der Waals surface area contributed by atoms with Gasteiger partial charge in [-0.25, -0.2) is 30.4 Å². The molecule has 1 aliphatic rings. The monoisotopic (exact) mass is 547 g/mol. The number of phenols is 1. The Morgan fingerprint density at radius 2 is 1.69 bits per heavy atom. The van der Waals surface area contributed by atoms with Crippen molar-refractivity contribution in [3.8, 4) is 5.75 Å². The minimum Gasteiger partial charge on any atom is -0.508 e. The molecule has 1 aliphatic heterocycles. The topological polar surface area (TPSA) is 90.8 Å². The van der Waals surface area contributed by atoms with Crippen LogP contribution in [0.15, 0.2) is 47.5 Å². The van der Waals surface area contributed by atoms with Crippen molar-refractivity contribution in [2.24, 2.45) is 0 Å². The summed E-state index contributed by atoms with van der Waals surface area (Å²) in [4.78, 5) is 16.6. The molecule has 1 N–H and O–H groups in total. The molecule has 0 saturated carbocycles. The molecule has 4 rings (SSSR count). The zero-order chi connectivity index (χ0) is 26.4. The van der Waals surface area contributed by atoms with Gasteiger partial charge in [0.25, 0.3) is 0 Å². The maximum absolute atomic E-state index is 14.3. The van der Waals surface area contributed by atoms with Crippen molar-refractivity contribution in [2.75, 3.05) is 11.4 Å². The molecule has 1 aromatic heterocycles. The number of nitrogens with zero attached hydrogens (tertiary/aromatic N) is 3. The Hall–Kier alpha value is -3.29. The lowest BCUT2D eigenvalue weighted by atomic mass is 10.0. The van der Waals surface area contributed by atoms with E-state index in [1.54, 1.807) is 0 Å². The van der Waals surface area contributed by atoms with Gasteiger partial charge < -0.3 is 10.0 Å². The van der Waals surface area contributed by atoms with Gasteiger partial charge in [0, 0.05) is 24.5 Å². The molecule has 190 valence electrons. The number of hydrogen-bond donors (Lipinski definition) is 1. The Morgan fingerprint density at radius 1 is 1.06 bits per heavy atom. The van der Waals surface area contributed by atoms with E-state index < -0.39 is 62.5 Å². The van der Waals surface area contributed by atoms with Gasteiger partial charge in [0.15, 0.2) is 28.2 Å². The van der Waals surface area contributed by atoms with E-state index in [9.17, 15) is 40.3 Å². The molecule has 0 bridgehead atoms. The third kappa shape index (κ3) is 4.49. The van der Waals surface area contributed by atoms with Crippen LogP contribution in [0, 0.1) is 29.1 Å². The minimum atomic E-state index is -5.32. The van der Waals surface area contributed by atoms with Gasteiger partial charge in [-0.2, -0.15) is 4.31 Å². The van der Waals surface area contributed by atoms with E-state index in [1.807, 2.05) is 0 Å². The zero-order valence-electron chi connectivity index (χ0n) is 17.9. The normalized spacial score (nSPS) is 16.0. The van der Waals surface area contributed by atoms with Gasteiger partial charge in [0.1, 0.15) is 11.8 Å². The van der Waals surface area contributed by atoms with Crippen LogP contribution in [0.2, 0.25) is 5.02 Å². The number of anilines is 1. The van der Waals surface area contributed by atoms with Crippen LogP contribution in [0.4, 0.5) is 27.6 Å². The van der Waals surface area contributed by atoms with E-state index in [1.165, 1.54) is 42.6 Å². The van der Waals surface area contributed by atoms with E-state index in [0.29, 0.717) is 15.0 Å². The Morgan fingerprint density at radius 3 is 2.22 bits per heavy atom. The third-order valence-electron chi connectivity index (χ3n) is 5.51. The molecule has 1 amide bonds. The number of benzene rings is 2. The summed E-state index contributed by atoms with van der Waals surface area (Å²) in [5.41, 5.74) is 0.460. The highest BCUT2D eigenvalue weighted by Crippen LogP contribution is 2.35. The number of hydrogen-bond acceptors (Lipinski definition) is 5. The molecule has 1 saturated heterocycles. The number of halogens is 6. The van der Waals surface area contributed by atoms with E-state index in [2.05, 4.69) is 4.98 Å². The van der Waals surface area contributed by atoms with Crippen LogP contribution >= 0.6 is 11.6 Å². The molecule has 2 heterocycles. The van der Waals surface area contributed by atoms with Gasteiger partial charge in [-0.05, 0) is 30.7 Å². The second-order valence-corrected chi connectivity index (χ2v) is 10.00. The van der Waals surface area contributed by atoms with Crippen LogP contribution in [-0.2, 0) is 21.4 Å². The molecular formula is C22H15ClF5N3O4S. The van der Waals surface area contributed by atoms with E-state index in [4.69, 9.17) is 11.6 Å². The first-order valence-corrected chi connectivity index (χ1v) is 12.0. The first kappa shape index (κ1) is 25.8. The van der Waals surface area contributed by atoms with Crippen molar-refractivity contribution in [1.29, 1.82) is 0 Å². The van der Waals surface area contributed by atoms with E-state index >= 15 is 0 Å². The Kier molecular flexibility index (Phi) is 6.90. The summed E-state index contributed by atoms with van der Waals surface area (Å²) in [5, 5.41) is 10.2. The molecule has 7 nitrogen and oxygen atoms in total. The highest BCUT2D eigenvalue weighted by atomic mass is 35.5. The van der Waals surface area contributed by atoms with E-state index in [0.717, 1.165) is 4.90 Å². The second-order valence-electron chi connectivity index (χ2n) is 7.73. The standard InChI is InChI=1S/C22H15ClF5N3O4S/c23-11-4-5-12(29-9-11)10-30(13-2-1-3-14(32)8-13)22(33)15-6-7-31(15)36(34,35)21-19(27)17(25)16(24)18(26)20(21)28/h1-5,8-9,15,32H,6-7,10H2/t15-/m1/s1. The number of sulfonamides is 1. The lowest BCUT2D eigenvalue weighted by Crippen LogP contribution is -2.59. The second kappa shape index (κ2) is 9.64. The SMILES string of the molecule is O=C([C@H]1CCN1S(=O)(=O)c1c(F)c(F)c(F)c(F)c1F)N(Cc1ccc(Cl)cn1)c1cccc(O)c1. The van der Waals surface area contributed by atoms with Gasteiger partial charge in [0.2, 0.25) is 21.7 Å².